The lowest BCUT2D eigenvalue weighted by Gasteiger charge is -2.14. The molecule has 0 spiro atoms. The molecule has 0 aliphatic carbocycles. The maximum Gasteiger partial charge on any atom is 0.251 e. The van der Waals surface area contributed by atoms with Gasteiger partial charge in [-0.15, -0.1) is 0 Å². The molecule has 1 aliphatic heterocycles. The molecule has 3 rings (SSSR count). The summed E-state index contributed by atoms with van der Waals surface area (Å²) in [6.07, 6.45) is 3.07. The second kappa shape index (κ2) is 6.62. The number of benzene rings is 1. The summed E-state index contributed by atoms with van der Waals surface area (Å²) < 4.78 is 10.6. The zero-order valence-electron chi connectivity index (χ0n) is 13.0. The van der Waals surface area contributed by atoms with Crippen molar-refractivity contribution >= 4 is 17.4 Å². The quantitative estimate of drug-likeness (QED) is 0.791. The molecule has 1 aromatic carbocycles. The number of methoxy groups -OCH3 is 1. The van der Waals surface area contributed by atoms with E-state index in [0.717, 1.165) is 22.4 Å². The number of hydrogen-bond donors (Lipinski definition) is 2. The molecule has 2 N–H and O–H groups in total. The van der Waals surface area contributed by atoms with Crippen LogP contribution in [0.4, 0.5) is 11.5 Å². The van der Waals surface area contributed by atoms with Crippen LogP contribution < -0.4 is 15.4 Å². The Balaban J connectivity index is 1.84. The van der Waals surface area contributed by atoms with Crippen LogP contribution in [-0.4, -0.2) is 36.2 Å². The van der Waals surface area contributed by atoms with Gasteiger partial charge in [-0.1, -0.05) is 0 Å². The van der Waals surface area contributed by atoms with Crippen molar-refractivity contribution in [3.63, 3.8) is 0 Å². The van der Waals surface area contributed by atoms with Gasteiger partial charge >= 0.3 is 0 Å². The monoisotopic (exact) mass is 314 g/mol. The van der Waals surface area contributed by atoms with Gasteiger partial charge in [0.2, 0.25) is 0 Å². The minimum atomic E-state index is -0.0275. The summed E-state index contributed by atoms with van der Waals surface area (Å²) in [7, 11) is 1.62. The number of hydrogen-bond acceptors (Lipinski definition) is 6. The molecule has 7 heteroatoms. The number of aromatic nitrogens is 2. The standard InChI is InChI=1S/C16H18N4O3/c1-10-12-7-18-16(21)11(12)3-4-13(10)20-15-14(8-17-9-19-15)23-6-5-22-2/h3-4,8-9H,5-7H2,1-2H3,(H,18,21)(H,17,19,20). The summed E-state index contributed by atoms with van der Waals surface area (Å²) in [5, 5.41) is 6.09. The van der Waals surface area contributed by atoms with Gasteiger partial charge in [-0.2, -0.15) is 0 Å². The molecule has 0 saturated carbocycles. The van der Waals surface area contributed by atoms with Crippen molar-refractivity contribution < 1.29 is 14.3 Å². The molecule has 1 aromatic heterocycles. The van der Waals surface area contributed by atoms with Crippen molar-refractivity contribution in [2.24, 2.45) is 0 Å². The first-order chi connectivity index (χ1) is 11.2. The van der Waals surface area contributed by atoms with E-state index in [-0.39, 0.29) is 5.91 Å². The molecule has 23 heavy (non-hydrogen) atoms. The Morgan fingerprint density at radius 1 is 1.35 bits per heavy atom. The van der Waals surface area contributed by atoms with E-state index in [1.165, 1.54) is 6.33 Å². The van der Waals surface area contributed by atoms with E-state index in [1.807, 2.05) is 19.1 Å². The fourth-order valence-corrected chi connectivity index (χ4v) is 2.48. The predicted octanol–water partition coefficient (Wildman–Crippen LogP) is 1.80. The average molecular weight is 314 g/mol. The molecular formula is C16H18N4O3. The number of rotatable bonds is 6. The zero-order valence-corrected chi connectivity index (χ0v) is 13.0. The van der Waals surface area contributed by atoms with Crippen molar-refractivity contribution in [3.8, 4) is 5.75 Å². The van der Waals surface area contributed by atoms with Crippen LogP contribution in [0.5, 0.6) is 5.75 Å². The molecule has 1 amide bonds. The van der Waals surface area contributed by atoms with Gasteiger partial charge in [-0.25, -0.2) is 9.97 Å². The Hall–Kier alpha value is -2.67. The molecule has 1 aliphatic rings. The Bertz CT molecular complexity index is 733. The number of anilines is 2. The molecule has 7 nitrogen and oxygen atoms in total. The maximum absolute atomic E-state index is 11.7. The number of nitrogens with zero attached hydrogens (tertiary/aromatic N) is 2. The van der Waals surface area contributed by atoms with Crippen LogP contribution in [0.1, 0.15) is 21.5 Å². The van der Waals surface area contributed by atoms with E-state index in [0.29, 0.717) is 31.3 Å². The van der Waals surface area contributed by atoms with Gasteiger partial charge in [0.25, 0.3) is 5.91 Å². The number of carbonyl (C=O) groups is 1. The number of fused-ring (bicyclic) bond motifs is 1. The van der Waals surface area contributed by atoms with Crippen LogP contribution in [0, 0.1) is 6.92 Å². The number of ether oxygens (including phenoxy) is 2. The van der Waals surface area contributed by atoms with Crippen LogP contribution in [-0.2, 0) is 11.3 Å². The van der Waals surface area contributed by atoms with E-state index < -0.39 is 0 Å². The van der Waals surface area contributed by atoms with Crippen LogP contribution in [0.15, 0.2) is 24.7 Å². The fraction of sp³-hybridized carbons (Fsp3) is 0.312. The molecule has 0 radical (unpaired) electrons. The van der Waals surface area contributed by atoms with Crippen LogP contribution in [0.25, 0.3) is 0 Å². The van der Waals surface area contributed by atoms with Crippen molar-refractivity contribution in [2.75, 3.05) is 25.6 Å². The second-order valence-electron chi connectivity index (χ2n) is 5.15. The second-order valence-corrected chi connectivity index (χ2v) is 5.15. The van der Waals surface area contributed by atoms with Gasteiger partial charge in [0.1, 0.15) is 12.9 Å². The van der Waals surface area contributed by atoms with Gasteiger partial charge in [0.05, 0.1) is 12.8 Å². The summed E-state index contributed by atoms with van der Waals surface area (Å²) in [5.41, 5.74) is 3.64. The van der Waals surface area contributed by atoms with Gasteiger partial charge in [0.15, 0.2) is 11.6 Å². The summed E-state index contributed by atoms with van der Waals surface area (Å²) in [6.45, 7) is 3.44. The van der Waals surface area contributed by atoms with E-state index in [4.69, 9.17) is 9.47 Å². The molecule has 2 heterocycles. The summed E-state index contributed by atoms with van der Waals surface area (Å²) >= 11 is 0. The van der Waals surface area contributed by atoms with Crippen molar-refractivity contribution in [2.45, 2.75) is 13.5 Å². The average Bonchev–Trinajstić information content (AvgIpc) is 2.94. The molecular weight excluding hydrogens is 296 g/mol. The zero-order chi connectivity index (χ0) is 16.2. The highest BCUT2D eigenvalue weighted by atomic mass is 16.5. The predicted molar refractivity (Wildman–Crippen MR) is 85.0 cm³/mol. The first kappa shape index (κ1) is 15.2. The van der Waals surface area contributed by atoms with E-state index in [1.54, 1.807) is 13.3 Å². The van der Waals surface area contributed by atoms with Gasteiger partial charge < -0.3 is 20.1 Å². The lowest BCUT2D eigenvalue weighted by Crippen LogP contribution is -2.12. The molecule has 0 saturated heterocycles. The SMILES string of the molecule is COCCOc1cncnc1Nc1ccc2c(c1C)CNC2=O. The summed E-state index contributed by atoms with van der Waals surface area (Å²) in [5.74, 6) is 1.11. The van der Waals surface area contributed by atoms with Crippen LogP contribution in [0.2, 0.25) is 0 Å². The molecule has 0 atom stereocenters. The summed E-state index contributed by atoms with van der Waals surface area (Å²) in [4.78, 5) is 19.9. The van der Waals surface area contributed by atoms with Gasteiger partial charge in [-0.3, -0.25) is 4.79 Å². The molecule has 0 unspecified atom stereocenters. The Morgan fingerprint density at radius 3 is 3.04 bits per heavy atom. The third-order valence-electron chi connectivity index (χ3n) is 3.75. The van der Waals surface area contributed by atoms with Crippen molar-refractivity contribution in [1.82, 2.24) is 15.3 Å². The first-order valence-corrected chi connectivity index (χ1v) is 7.30. The molecule has 0 bridgehead atoms. The van der Waals surface area contributed by atoms with Crippen molar-refractivity contribution in [1.29, 1.82) is 0 Å². The normalized spacial score (nSPS) is 12.7. The minimum Gasteiger partial charge on any atom is -0.486 e. The largest absolute Gasteiger partial charge is 0.486 e. The van der Waals surface area contributed by atoms with E-state index in [9.17, 15) is 4.79 Å². The number of nitrogens with one attached hydrogen (secondary N) is 2. The highest BCUT2D eigenvalue weighted by Gasteiger charge is 2.22. The minimum absolute atomic E-state index is 0.0275. The van der Waals surface area contributed by atoms with E-state index in [2.05, 4.69) is 20.6 Å². The highest BCUT2D eigenvalue weighted by Crippen LogP contribution is 2.30. The van der Waals surface area contributed by atoms with Crippen molar-refractivity contribution in [3.05, 3.63) is 41.3 Å². The number of amides is 1. The highest BCUT2D eigenvalue weighted by molar-refractivity contribution is 5.99. The van der Waals surface area contributed by atoms with Crippen LogP contribution >= 0.6 is 0 Å². The van der Waals surface area contributed by atoms with E-state index >= 15 is 0 Å². The lowest BCUT2D eigenvalue weighted by atomic mass is 10.0. The summed E-state index contributed by atoms with van der Waals surface area (Å²) in [6, 6.07) is 3.69. The molecule has 0 fully saturated rings. The first-order valence-electron chi connectivity index (χ1n) is 7.30. The Kier molecular flexibility index (Phi) is 4.38. The smallest absolute Gasteiger partial charge is 0.251 e. The lowest BCUT2D eigenvalue weighted by molar-refractivity contribution is 0.0966. The van der Waals surface area contributed by atoms with Gasteiger partial charge in [0, 0.05) is 24.9 Å². The number of carbonyl (C=O) groups excluding carboxylic acids is 1. The fourth-order valence-electron chi connectivity index (χ4n) is 2.48. The Labute approximate surface area is 134 Å². The molecule has 2 aromatic rings. The maximum atomic E-state index is 11.7. The van der Waals surface area contributed by atoms with Crippen LogP contribution in [0.3, 0.4) is 0 Å². The molecule has 120 valence electrons. The third-order valence-corrected chi connectivity index (χ3v) is 3.75. The van der Waals surface area contributed by atoms with Gasteiger partial charge in [-0.05, 0) is 30.2 Å². The Morgan fingerprint density at radius 2 is 2.22 bits per heavy atom. The topological polar surface area (TPSA) is 85.4 Å². The third kappa shape index (κ3) is 3.09.